The molecule has 20 heavy (non-hydrogen) atoms. The summed E-state index contributed by atoms with van der Waals surface area (Å²) in [6.45, 7) is 5.08. The van der Waals surface area contributed by atoms with Crippen molar-refractivity contribution >= 4 is 10.0 Å². The molecule has 0 amide bonds. The van der Waals surface area contributed by atoms with Gasteiger partial charge in [0.25, 0.3) is 0 Å². The predicted molar refractivity (Wildman–Crippen MR) is 81.9 cm³/mol. The Morgan fingerprint density at radius 3 is 2.60 bits per heavy atom. The number of allylic oxidation sites excluding steroid dienone is 2. The lowest BCUT2D eigenvalue weighted by atomic mass is 10.0. The summed E-state index contributed by atoms with van der Waals surface area (Å²) in [4.78, 5) is 0.372. The third kappa shape index (κ3) is 3.02. The van der Waals surface area contributed by atoms with Crippen LogP contribution < -0.4 is 0 Å². The zero-order valence-corrected chi connectivity index (χ0v) is 12.8. The average molecular weight is 291 g/mol. The Kier molecular flexibility index (Phi) is 4.78. The third-order valence-electron chi connectivity index (χ3n) is 3.51. The molecule has 1 aromatic rings. The van der Waals surface area contributed by atoms with E-state index in [4.69, 9.17) is 0 Å². The molecule has 0 spiro atoms. The molecule has 1 fully saturated rings. The van der Waals surface area contributed by atoms with Crippen LogP contribution in [0.4, 0.5) is 0 Å². The second kappa shape index (κ2) is 6.37. The van der Waals surface area contributed by atoms with Crippen LogP contribution in [0.2, 0.25) is 0 Å². The molecule has 1 aliphatic rings. The van der Waals surface area contributed by atoms with Crippen LogP contribution in [0, 0.1) is 5.92 Å². The first kappa shape index (κ1) is 15.0. The van der Waals surface area contributed by atoms with Crippen molar-refractivity contribution in [3.63, 3.8) is 0 Å². The van der Waals surface area contributed by atoms with Crippen molar-refractivity contribution in [3.8, 4) is 0 Å². The van der Waals surface area contributed by atoms with Gasteiger partial charge in [-0.25, -0.2) is 8.42 Å². The molecule has 0 radical (unpaired) electrons. The second-order valence-corrected chi connectivity index (χ2v) is 6.87. The van der Waals surface area contributed by atoms with E-state index in [0.717, 1.165) is 6.42 Å². The number of benzene rings is 1. The first-order valence-corrected chi connectivity index (χ1v) is 8.40. The van der Waals surface area contributed by atoms with Crippen molar-refractivity contribution in [1.82, 2.24) is 4.31 Å². The monoisotopic (exact) mass is 291 g/mol. The van der Waals surface area contributed by atoms with Crippen LogP contribution in [-0.4, -0.2) is 25.8 Å². The van der Waals surface area contributed by atoms with E-state index < -0.39 is 10.0 Å². The van der Waals surface area contributed by atoms with Crippen molar-refractivity contribution < 1.29 is 8.42 Å². The topological polar surface area (TPSA) is 37.4 Å². The fraction of sp³-hybridized carbons (Fsp3) is 0.375. The molecule has 1 saturated heterocycles. The highest BCUT2D eigenvalue weighted by atomic mass is 32.2. The molecule has 2 rings (SSSR count). The van der Waals surface area contributed by atoms with Gasteiger partial charge < -0.3 is 0 Å². The standard InChI is InChI=1S/C16H21NO2S/c1-3-8-14-12-17(13-15(14)9-4-2)20(18,19)16-10-6-5-7-11-16/h3,5-11,14H,4,12-13H2,1-2H3/b8-3+,15-9-/t14-/m0/s1. The molecular formula is C16H21NO2S. The van der Waals surface area contributed by atoms with Crippen LogP contribution in [0.15, 0.2) is 59.0 Å². The van der Waals surface area contributed by atoms with Crippen molar-refractivity contribution in [2.45, 2.75) is 25.2 Å². The molecule has 1 heterocycles. The van der Waals surface area contributed by atoms with Gasteiger partial charge in [-0.1, -0.05) is 48.9 Å². The average Bonchev–Trinajstić information content (AvgIpc) is 2.85. The summed E-state index contributed by atoms with van der Waals surface area (Å²) < 4.78 is 26.8. The molecule has 108 valence electrons. The van der Waals surface area contributed by atoms with Gasteiger partial charge in [-0.3, -0.25) is 0 Å². The van der Waals surface area contributed by atoms with Crippen molar-refractivity contribution in [3.05, 3.63) is 54.1 Å². The highest BCUT2D eigenvalue weighted by molar-refractivity contribution is 7.89. The van der Waals surface area contributed by atoms with E-state index in [1.54, 1.807) is 28.6 Å². The molecule has 0 aliphatic carbocycles. The Balaban J connectivity index is 2.29. The lowest BCUT2D eigenvalue weighted by Crippen LogP contribution is -2.28. The third-order valence-corrected chi connectivity index (χ3v) is 5.33. The largest absolute Gasteiger partial charge is 0.243 e. The molecule has 0 bridgehead atoms. The minimum Gasteiger partial charge on any atom is -0.207 e. The molecular weight excluding hydrogens is 270 g/mol. The van der Waals surface area contributed by atoms with E-state index in [9.17, 15) is 8.42 Å². The van der Waals surface area contributed by atoms with Crippen molar-refractivity contribution in [2.24, 2.45) is 5.92 Å². The number of hydrogen-bond acceptors (Lipinski definition) is 2. The maximum absolute atomic E-state index is 12.6. The van der Waals surface area contributed by atoms with E-state index in [2.05, 4.69) is 19.1 Å². The molecule has 4 heteroatoms. The Hall–Kier alpha value is -1.39. The molecule has 0 unspecified atom stereocenters. The Morgan fingerprint density at radius 2 is 2.00 bits per heavy atom. The van der Waals surface area contributed by atoms with Crippen LogP contribution in [0.5, 0.6) is 0 Å². The Morgan fingerprint density at radius 1 is 1.30 bits per heavy atom. The lowest BCUT2D eigenvalue weighted by Gasteiger charge is -2.15. The molecule has 0 saturated carbocycles. The van der Waals surface area contributed by atoms with E-state index in [0.29, 0.717) is 18.0 Å². The summed E-state index contributed by atoms with van der Waals surface area (Å²) in [5.41, 5.74) is 1.20. The molecule has 0 N–H and O–H groups in total. The van der Waals surface area contributed by atoms with Gasteiger partial charge in [-0.2, -0.15) is 4.31 Å². The molecule has 1 aromatic carbocycles. The second-order valence-electron chi connectivity index (χ2n) is 4.93. The van der Waals surface area contributed by atoms with Crippen molar-refractivity contribution in [2.75, 3.05) is 13.1 Å². The number of hydrogen-bond donors (Lipinski definition) is 0. The quantitative estimate of drug-likeness (QED) is 0.799. The highest BCUT2D eigenvalue weighted by Gasteiger charge is 2.34. The van der Waals surface area contributed by atoms with Gasteiger partial charge in [0, 0.05) is 19.0 Å². The van der Waals surface area contributed by atoms with Crippen LogP contribution in [0.3, 0.4) is 0 Å². The summed E-state index contributed by atoms with van der Waals surface area (Å²) in [5.74, 6) is 0.207. The van der Waals surface area contributed by atoms with Gasteiger partial charge >= 0.3 is 0 Å². The minimum absolute atomic E-state index is 0.207. The van der Waals surface area contributed by atoms with Crippen LogP contribution in [-0.2, 0) is 10.0 Å². The maximum atomic E-state index is 12.6. The zero-order valence-electron chi connectivity index (χ0n) is 12.0. The molecule has 1 atom stereocenters. The number of rotatable bonds is 4. The predicted octanol–water partition coefficient (Wildman–Crippen LogP) is 3.22. The SMILES string of the molecule is C/C=C/[C@H]1CN(S(=O)(=O)c2ccccc2)C/C1=C/CC. The van der Waals surface area contributed by atoms with Gasteiger partial charge in [-0.15, -0.1) is 0 Å². The van der Waals surface area contributed by atoms with Gasteiger partial charge in [0.05, 0.1) is 4.90 Å². The normalized spacial score (nSPS) is 22.9. The zero-order chi connectivity index (χ0) is 14.6. The summed E-state index contributed by atoms with van der Waals surface area (Å²) in [5, 5.41) is 0. The Labute approximate surface area is 121 Å². The highest BCUT2D eigenvalue weighted by Crippen LogP contribution is 2.29. The van der Waals surface area contributed by atoms with Crippen LogP contribution in [0.25, 0.3) is 0 Å². The van der Waals surface area contributed by atoms with E-state index >= 15 is 0 Å². The van der Waals surface area contributed by atoms with Gasteiger partial charge in [0.15, 0.2) is 0 Å². The first-order chi connectivity index (χ1) is 9.59. The van der Waals surface area contributed by atoms with E-state index in [1.165, 1.54) is 5.57 Å². The molecule has 1 aliphatic heterocycles. The number of sulfonamides is 1. The summed E-state index contributed by atoms with van der Waals surface area (Å²) in [6, 6.07) is 8.65. The van der Waals surface area contributed by atoms with Crippen LogP contribution >= 0.6 is 0 Å². The minimum atomic E-state index is -3.38. The first-order valence-electron chi connectivity index (χ1n) is 6.96. The van der Waals surface area contributed by atoms with Gasteiger partial charge in [0.2, 0.25) is 10.0 Å². The summed E-state index contributed by atoms with van der Waals surface area (Å²) >= 11 is 0. The molecule has 3 nitrogen and oxygen atoms in total. The Bertz CT molecular complexity index is 603. The summed E-state index contributed by atoms with van der Waals surface area (Å²) in [6.07, 6.45) is 7.16. The fourth-order valence-corrected chi connectivity index (χ4v) is 4.02. The van der Waals surface area contributed by atoms with Crippen LogP contribution in [0.1, 0.15) is 20.3 Å². The van der Waals surface area contributed by atoms with Gasteiger partial charge in [-0.05, 0) is 25.5 Å². The lowest BCUT2D eigenvalue weighted by molar-refractivity contribution is 0.471. The fourth-order valence-electron chi connectivity index (χ4n) is 2.54. The van der Waals surface area contributed by atoms with Gasteiger partial charge in [0.1, 0.15) is 0 Å². The van der Waals surface area contributed by atoms with Crippen molar-refractivity contribution in [1.29, 1.82) is 0 Å². The maximum Gasteiger partial charge on any atom is 0.243 e. The number of nitrogens with zero attached hydrogens (tertiary/aromatic N) is 1. The smallest absolute Gasteiger partial charge is 0.207 e. The van der Waals surface area contributed by atoms with E-state index in [-0.39, 0.29) is 5.92 Å². The molecule has 0 aromatic heterocycles. The summed E-state index contributed by atoms with van der Waals surface area (Å²) in [7, 11) is -3.38. The van der Waals surface area contributed by atoms with E-state index in [1.807, 2.05) is 19.1 Å².